The zero-order chi connectivity index (χ0) is 22.1. The zero-order valence-corrected chi connectivity index (χ0v) is 19.2. The fraction of sp³-hybridized carbons (Fsp3) is 0.364. The molecule has 4 aromatic heterocycles. The summed E-state index contributed by atoms with van der Waals surface area (Å²) < 4.78 is 9.98. The van der Waals surface area contributed by atoms with Crippen LogP contribution in [-0.4, -0.2) is 47.4 Å². The molecule has 5 heterocycles. The molecule has 170 valence electrons. The number of nitrogens with one attached hydrogen (secondary N) is 1. The SMILES string of the molecule is Cc1c(-c2cc(O[C@H](C)c3ccncn3)n3c(C#N)cnc3c2)nnn1C1CCNCC1.Cl. The molecule has 0 aromatic carbocycles. The Bertz CT molecular complexity index is 1290. The van der Waals surface area contributed by atoms with E-state index in [4.69, 9.17) is 4.74 Å². The molecule has 0 aliphatic carbocycles. The van der Waals surface area contributed by atoms with Crippen molar-refractivity contribution in [3.63, 3.8) is 0 Å². The van der Waals surface area contributed by atoms with Crippen molar-refractivity contribution in [2.24, 2.45) is 0 Å². The van der Waals surface area contributed by atoms with E-state index in [2.05, 4.69) is 36.7 Å². The minimum atomic E-state index is -0.350. The first kappa shape index (κ1) is 22.6. The Labute approximate surface area is 197 Å². The highest BCUT2D eigenvalue weighted by atomic mass is 35.5. The van der Waals surface area contributed by atoms with Gasteiger partial charge in [0.15, 0.2) is 0 Å². The van der Waals surface area contributed by atoms with E-state index in [1.165, 1.54) is 6.33 Å². The summed E-state index contributed by atoms with van der Waals surface area (Å²) >= 11 is 0. The first-order valence-electron chi connectivity index (χ1n) is 10.6. The molecule has 0 radical (unpaired) electrons. The summed E-state index contributed by atoms with van der Waals surface area (Å²) in [4.78, 5) is 12.7. The van der Waals surface area contributed by atoms with Crippen molar-refractivity contribution in [1.82, 2.24) is 39.7 Å². The summed E-state index contributed by atoms with van der Waals surface area (Å²) in [5, 5.41) is 21.9. The molecule has 0 amide bonds. The second-order valence-corrected chi connectivity index (χ2v) is 7.87. The fourth-order valence-corrected chi connectivity index (χ4v) is 4.17. The summed E-state index contributed by atoms with van der Waals surface area (Å²) in [7, 11) is 0. The van der Waals surface area contributed by atoms with E-state index < -0.39 is 0 Å². The Kier molecular flexibility index (Phi) is 6.53. The van der Waals surface area contributed by atoms with Gasteiger partial charge in [0.1, 0.15) is 35.5 Å². The average Bonchev–Trinajstić information content (AvgIpc) is 3.43. The first-order valence-corrected chi connectivity index (χ1v) is 10.6. The second kappa shape index (κ2) is 9.52. The smallest absolute Gasteiger partial charge is 0.201 e. The van der Waals surface area contributed by atoms with Crippen molar-refractivity contribution in [1.29, 1.82) is 5.26 Å². The van der Waals surface area contributed by atoms with E-state index in [0.717, 1.165) is 48.6 Å². The van der Waals surface area contributed by atoms with Crippen molar-refractivity contribution in [3.05, 3.63) is 54.0 Å². The number of hydrogen-bond donors (Lipinski definition) is 1. The lowest BCUT2D eigenvalue weighted by atomic mass is 10.1. The molecular formula is C22H24ClN9O. The van der Waals surface area contributed by atoms with E-state index in [-0.39, 0.29) is 18.5 Å². The predicted octanol–water partition coefficient (Wildman–Crippen LogP) is 3.05. The Balaban J connectivity index is 0.00000259. The molecular weight excluding hydrogens is 442 g/mol. The third kappa shape index (κ3) is 4.25. The van der Waals surface area contributed by atoms with Gasteiger partial charge < -0.3 is 10.1 Å². The lowest BCUT2D eigenvalue weighted by molar-refractivity contribution is 0.209. The van der Waals surface area contributed by atoms with Crippen molar-refractivity contribution in [3.8, 4) is 23.2 Å². The van der Waals surface area contributed by atoms with Crippen molar-refractivity contribution >= 4 is 18.1 Å². The van der Waals surface area contributed by atoms with Crippen LogP contribution in [0.1, 0.15) is 49.0 Å². The number of halogens is 1. The van der Waals surface area contributed by atoms with E-state index in [9.17, 15) is 5.26 Å². The molecule has 1 saturated heterocycles. The molecule has 1 atom stereocenters. The largest absolute Gasteiger partial charge is 0.469 e. The van der Waals surface area contributed by atoms with Gasteiger partial charge in [0.25, 0.3) is 0 Å². The van der Waals surface area contributed by atoms with Gasteiger partial charge in [-0.25, -0.2) is 19.6 Å². The molecule has 1 aliphatic rings. The van der Waals surface area contributed by atoms with Gasteiger partial charge in [0, 0.05) is 17.8 Å². The standard InChI is InChI=1S/C22H23N9O.ClH/c1-14-22(28-29-31(14)17-3-6-24-7-4-17)16-9-20-26-12-18(11-23)30(20)21(10-16)32-15(2)19-5-8-25-13-27-19;/h5,8-10,12-13,15,17,24H,3-4,6-7H2,1-2H3;1H/t15-;/m1./s1. The Morgan fingerprint density at radius 3 is 2.79 bits per heavy atom. The lowest BCUT2D eigenvalue weighted by Crippen LogP contribution is -2.30. The highest BCUT2D eigenvalue weighted by molar-refractivity contribution is 5.85. The summed E-state index contributed by atoms with van der Waals surface area (Å²) in [6.45, 7) is 5.91. The number of aromatic nitrogens is 7. The molecule has 33 heavy (non-hydrogen) atoms. The first-order chi connectivity index (χ1) is 15.7. The normalized spacial score (nSPS) is 15.1. The van der Waals surface area contributed by atoms with E-state index >= 15 is 0 Å². The van der Waals surface area contributed by atoms with Crippen LogP contribution >= 0.6 is 12.4 Å². The molecule has 1 aliphatic heterocycles. The van der Waals surface area contributed by atoms with Crippen LogP contribution in [0, 0.1) is 18.3 Å². The predicted molar refractivity (Wildman–Crippen MR) is 123 cm³/mol. The van der Waals surface area contributed by atoms with Crippen LogP contribution in [0.25, 0.3) is 16.9 Å². The Hall–Kier alpha value is -3.55. The van der Waals surface area contributed by atoms with Gasteiger partial charge in [-0.3, -0.25) is 4.40 Å². The second-order valence-electron chi connectivity index (χ2n) is 7.87. The van der Waals surface area contributed by atoms with Crippen LogP contribution in [0.3, 0.4) is 0 Å². The Morgan fingerprint density at radius 2 is 2.06 bits per heavy atom. The summed E-state index contributed by atoms with van der Waals surface area (Å²) in [6.07, 6.45) is 6.41. The van der Waals surface area contributed by atoms with Crippen molar-refractivity contribution < 1.29 is 4.74 Å². The maximum absolute atomic E-state index is 9.56. The number of ether oxygens (including phenoxy) is 1. The number of nitrogens with zero attached hydrogens (tertiary/aromatic N) is 8. The van der Waals surface area contributed by atoms with Crippen LogP contribution in [0.5, 0.6) is 5.88 Å². The molecule has 10 nitrogen and oxygen atoms in total. The number of nitriles is 1. The number of fused-ring (bicyclic) bond motifs is 1. The number of pyridine rings is 1. The maximum Gasteiger partial charge on any atom is 0.201 e. The van der Waals surface area contributed by atoms with E-state index in [0.29, 0.717) is 23.3 Å². The van der Waals surface area contributed by atoms with Crippen molar-refractivity contribution in [2.75, 3.05) is 13.1 Å². The monoisotopic (exact) mass is 465 g/mol. The van der Waals surface area contributed by atoms with Crippen LogP contribution in [0.4, 0.5) is 0 Å². The third-order valence-corrected chi connectivity index (χ3v) is 5.86. The zero-order valence-electron chi connectivity index (χ0n) is 18.3. The van der Waals surface area contributed by atoms with E-state index in [1.807, 2.05) is 30.7 Å². The molecule has 0 spiro atoms. The molecule has 11 heteroatoms. The Morgan fingerprint density at radius 1 is 1.24 bits per heavy atom. The van der Waals surface area contributed by atoms with Crippen LogP contribution in [0.15, 0.2) is 36.9 Å². The minimum Gasteiger partial charge on any atom is -0.469 e. The number of hydrogen-bond acceptors (Lipinski definition) is 8. The topological polar surface area (TPSA) is 119 Å². The van der Waals surface area contributed by atoms with E-state index in [1.54, 1.807) is 22.9 Å². The molecule has 0 bridgehead atoms. The molecule has 0 unspecified atom stereocenters. The summed E-state index contributed by atoms with van der Waals surface area (Å²) in [5.74, 6) is 0.494. The van der Waals surface area contributed by atoms with Crippen LogP contribution < -0.4 is 10.1 Å². The highest BCUT2D eigenvalue weighted by Gasteiger charge is 2.22. The van der Waals surface area contributed by atoms with Crippen LogP contribution in [-0.2, 0) is 0 Å². The van der Waals surface area contributed by atoms with Crippen molar-refractivity contribution in [2.45, 2.75) is 38.8 Å². The third-order valence-electron chi connectivity index (χ3n) is 5.86. The summed E-state index contributed by atoms with van der Waals surface area (Å²) in [6, 6.07) is 8.12. The molecule has 5 rings (SSSR count). The van der Waals surface area contributed by atoms with Gasteiger partial charge in [0.05, 0.1) is 23.6 Å². The van der Waals surface area contributed by atoms with Crippen LogP contribution in [0.2, 0.25) is 0 Å². The molecule has 4 aromatic rings. The van der Waals surface area contributed by atoms with Gasteiger partial charge >= 0.3 is 0 Å². The number of imidazole rings is 1. The number of rotatable bonds is 5. The number of piperidine rings is 1. The highest BCUT2D eigenvalue weighted by Crippen LogP contribution is 2.32. The fourth-order valence-electron chi connectivity index (χ4n) is 4.17. The van der Waals surface area contributed by atoms with Gasteiger partial charge in [-0.1, -0.05) is 5.21 Å². The molecule has 1 N–H and O–H groups in total. The average molecular weight is 466 g/mol. The maximum atomic E-state index is 9.56. The van der Waals surface area contributed by atoms with Gasteiger partial charge in [-0.2, -0.15) is 5.26 Å². The lowest BCUT2D eigenvalue weighted by Gasteiger charge is -2.23. The quantitative estimate of drug-likeness (QED) is 0.477. The molecule has 1 fully saturated rings. The minimum absolute atomic E-state index is 0. The summed E-state index contributed by atoms with van der Waals surface area (Å²) in [5.41, 5.74) is 4.38. The van der Waals surface area contributed by atoms with Gasteiger partial charge in [-0.05, 0) is 51.9 Å². The van der Waals surface area contributed by atoms with Gasteiger partial charge in [0.2, 0.25) is 5.88 Å². The molecule has 0 saturated carbocycles. The van der Waals surface area contributed by atoms with Gasteiger partial charge in [-0.15, -0.1) is 17.5 Å².